The number of nitrogens with zero attached hydrogens (tertiary/aromatic N) is 1. The molecule has 0 saturated carbocycles. The summed E-state index contributed by atoms with van der Waals surface area (Å²) in [6.07, 6.45) is 1.58. The van der Waals surface area contributed by atoms with Gasteiger partial charge < -0.3 is 14.9 Å². The van der Waals surface area contributed by atoms with Crippen molar-refractivity contribution in [2.75, 3.05) is 13.2 Å². The summed E-state index contributed by atoms with van der Waals surface area (Å²) in [5.74, 6) is 0.0685. The third-order valence-corrected chi connectivity index (χ3v) is 4.25. The van der Waals surface area contributed by atoms with Crippen LogP contribution in [0.4, 0.5) is 0 Å². The normalized spacial score (nSPS) is 11.5. The molecule has 130 valence electrons. The maximum absolute atomic E-state index is 12.1. The van der Waals surface area contributed by atoms with Gasteiger partial charge in [-0.05, 0) is 36.5 Å². The fourth-order valence-electron chi connectivity index (χ4n) is 2.13. The number of aliphatic hydroxyl groups excluding tert-OH is 1. The van der Waals surface area contributed by atoms with E-state index in [9.17, 15) is 9.90 Å². The lowest BCUT2D eigenvalue weighted by Gasteiger charge is -2.20. The number of aromatic nitrogens is 1. The predicted octanol–water partition coefficient (Wildman–Crippen LogP) is 4.18. The van der Waals surface area contributed by atoms with Crippen LogP contribution in [0.3, 0.4) is 0 Å². The molecule has 0 saturated heterocycles. The zero-order valence-corrected chi connectivity index (χ0v) is 15.1. The first-order valence-corrected chi connectivity index (χ1v) is 8.39. The molecule has 0 atom stereocenters. The SMILES string of the molecule is CC(C)(CO)CCCNC(=O)c1cc(-c2cc(Cl)ccc2Cl)on1. The number of amides is 1. The summed E-state index contributed by atoms with van der Waals surface area (Å²) in [4.78, 5) is 12.1. The number of nitrogens with one attached hydrogen (secondary N) is 1. The second-order valence-electron chi connectivity index (χ2n) is 6.38. The minimum Gasteiger partial charge on any atom is -0.396 e. The molecule has 24 heavy (non-hydrogen) atoms. The number of carbonyl (C=O) groups is 1. The number of hydrogen-bond acceptors (Lipinski definition) is 4. The Balaban J connectivity index is 1.95. The van der Waals surface area contributed by atoms with Crippen LogP contribution in [0.25, 0.3) is 11.3 Å². The van der Waals surface area contributed by atoms with Crippen molar-refractivity contribution in [3.63, 3.8) is 0 Å². The van der Waals surface area contributed by atoms with Crippen molar-refractivity contribution >= 4 is 29.1 Å². The summed E-state index contributed by atoms with van der Waals surface area (Å²) in [5.41, 5.74) is 0.623. The molecule has 2 N–H and O–H groups in total. The van der Waals surface area contributed by atoms with E-state index in [4.69, 9.17) is 27.7 Å². The van der Waals surface area contributed by atoms with Crippen molar-refractivity contribution in [1.29, 1.82) is 0 Å². The first-order valence-electron chi connectivity index (χ1n) is 7.63. The van der Waals surface area contributed by atoms with Gasteiger partial charge in [0.1, 0.15) is 0 Å². The Hall–Kier alpha value is -1.56. The monoisotopic (exact) mass is 370 g/mol. The van der Waals surface area contributed by atoms with Crippen molar-refractivity contribution in [1.82, 2.24) is 10.5 Å². The molecule has 0 spiro atoms. The molecule has 1 aromatic carbocycles. The van der Waals surface area contributed by atoms with E-state index in [1.54, 1.807) is 18.2 Å². The van der Waals surface area contributed by atoms with E-state index in [0.29, 0.717) is 27.9 Å². The quantitative estimate of drug-likeness (QED) is 0.716. The van der Waals surface area contributed by atoms with Crippen molar-refractivity contribution in [3.8, 4) is 11.3 Å². The Morgan fingerprint density at radius 2 is 2.08 bits per heavy atom. The van der Waals surface area contributed by atoms with Crippen LogP contribution in [0.2, 0.25) is 10.0 Å². The van der Waals surface area contributed by atoms with Crippen LogP contribution in [0, 0.1) is 5.41 Å². The van der Waals surface area contributed by atoms with E-state index < -0.39 is 0 Å². The smallest absolute Gasteiger partial charge is 0.273 e. The van der Waals surface area contributed by atoms with Crippen LogP contribution in [0.15, 0.2) is 28.8 Å². The van der Waals surface area contributed by atoms with Crippen LogP contribution >= 0.6 is 23.2 Å². The molecule has 0 fully saturated rings. The highest BCUT2D eigenvalue weighted by atomic mass is 35.5. The number of carbonyl (C=O) groups excluding carboxylic acids is 1. The Morgan fingerprint density at radius 1 is 1.33 bits per heavy atom. The van der Waals surface area contributed by atoms with Gasteiger partial charge in [-0.3, -0.25) is 4.79 Å². The molecule has 1 aromatic heterocycles. The minimum absolute atomic E-state index is 0.119. The molecule has 0 radical (unpaired) electrons. The van der Waals surface area contributed by atoms with E-state index in [2.05, 4.69) is 10.5 Å². The lowest BCUT2D eigenvalue weighted by atomic mass is 9.89. The van der Waals surface area contributed by atoms with Crippen LogP contribution in [-0.2, 0) is 0 Å². The van der Waals surface area contributed by atoms with Crippen LogP contribution < -0.4 is 5.32 Å². The van der Waals surface area contributed by atoms with Crippen molar-refractivity contribution in [2.45, 2.75) is 26.7 Å². The third kappa shape index (κ3) is 4.97. The molecule has 0 bridgehead atoms. The Labute approximate surface area is 150 Å². The van der Waals surface area contributed by atoms with Gasteiger partial charge in [0.25, 0.3) is 5.91 Å². The summed E-state index contributed by atoms with van der Waals surface area (Å²) in [5, 5.41) is 16.7. The van der Waals surface area contributed by atoms with Gasteiger partial charge >= 0.3 is 0 Å². The molecule has 0 aliphatic rings. The maximum Gasteiger partial charge on any atom is 0.273 e. The number of hydrogen-bond donors (Lipinski definition) is 2. The lowest BCUT2D eigenvalue weighted by molar-refractivity contribution is 0.0939. The van der Waals surface area contributed by atoms with Crippen LogP contribution in [-0.4, -0.2) is 29.3 Å². The van der Waals surface area contributed by atoms with Gasteiger partial charge in [-0.15, -0.1) is 0 Å². The van der Waals surface area contributed by atoms with Crippen molar-refractivity contribution in [3.05, 3.63) is 40.0 Å². The topological polar surface area (TPSA) is 75.4 Å². The zero-order chi connectivity index (χ0) is 17.7. The number of rotatable bonds is 7. The lowest BCUT2D eigenvalue weighted by Crippen LogP contribution is -2.26. The van der Waals surface area contributed by atoms with Gasteiger partial charge in [0.15, 0.2) is 11.5 Å². The fraction of sp³-hybridized carbons (Fsp3) is 0.412. The Bertz CT molecular complexity index is 714. The van der Waals surface area contributed by atoms with Gasteiger partial charge in [-0.1, -0.05) is 42.2 Å². The van der Waals surface area contributed by atoms with Crippen LogP contribution in [0.5, 0.6) is 0 Å². The minimum atomic E-state index is -0.315. The largest absolute Gasteiger partial charge is 0.396 e. The molecule has 5 nitrogen and oxygen atoms in total. The molecular formula is C17H20Cl2N2O3. The maximum atomic E-state index is 12.1. The van der Waals surface area contributed by atoms with Crippen molar-refractivity contribution in [2.24, 2.45) is 5.41 Å². The summed E-state index contributed by atoms with van der Waals surface area (Å²) in [6.45, 7) is 4.58. The molecule has 0 aliphatic carbocycles. The summed E-state index contributed by atoms with van der Waals surface area (Å²) < 4.78 is 5.20. The first kappa shape index (κ1) is 18.8. The number of aliphatic hydroxyl groups is 1. The standard InChI is InChI=1S/C17H20Cl2N2O3/c1-17(2,10-22)6-3-7-20-16(23)14-9-15(24-21-14)12-8-11(18)4-5-13(12)19/h4-5,8-9,22H,3,6-7,10H2,1-2H3,(H,20,23). The fourth-order valence-corrected chi connectivity index (χ4v) is 2.52. The van der Waals surface area contributed by atoms with E-state index in [1.807, 2.05) is 13.8 Å². The number of halogens is 2. The van der Waals surface area contributed by atoms with E-state index >= 15 is 0 Å². The molecule has 2 rings (SSSR count). The third-order valence-electron chi connectivity index (χ3n) is 3.68. The van der Waals surface area contributed by atoms with Gasteiger partial charge in [-0.2, -0.15) is 0 Å². The van der Waals surface area contributed by atoms with Gasteiger partial charge in [0.05, 0.1) is 5.02 Å². The molecule has 1 amide bonds. The van der Waals surface area contributed by atoms with Gasteiger partial charge in [-0.25, -0.2) is 0 Å². The van der Waals surface area contributed by atoms with E-state index in [-0.39, 0.29) is 23.6 Å². The molecular weight excluding hydrogens is 351 g/mol. The highest BCUT2D eigenvalue weighted by Gasteiger charge is 2.17. The zero-order valence-electron chi connectivity index (χ0n) is 13.6. The molecule has 1 heterocycles. The molecule has 0 unspecified atom stereocenters. The second kappa shape index (κ2) is 8.01. The molecule has 7 heteroatoms. The Kier molecular flexibility index (Phi) is 6.27. The van der Waals surface area contributed by atoms with Gasteiger partial charge in [0, 0.05) is 29.8 Å². The number of benzene rings is 1. The second-order valence-corrected chi connectivity index (χ2v) is 7.23. The summed E-state index contributed by atoms with van der Waals surface area (Å²) >= 11 is 12.1. The summed E-state index contributed by atoms with van der Waals surface area (Å²) in [7, 11) is 0. The Morgan fingerprint density at radius 3 is 2.79 bits per heavy atom. The highest BCUT2D eigenvalue weighted by molar-refractivity contribution is 6.35. The molecule has 0 aliphatic heterocycles. The van der Waals surface area contributed by atoms with E-state index in [1.165, 1.54) is 6.07 Å². The van der Waals surface area contributed by atoms with Gasteiger partial charge in [0.2, 0.25) is 0 Å². The van der Waals surface area contributed by atoms with E-state index in [0.717, 1.165) is 12.8 Å². The van der Waals surface area contributed by atoms with Crippen molar-refractivity contribution < 1.29 is 14.4 Å². The van der Waals surface area contributed by atoms with Crippen LogP contribution in [0.1, 0.15) is 37.2 Å². The average Bonchev–Trinajstić information content (AvgIpc) is 3.03. The highest BCUT2D eigenvalue weighted by Crippen LogP contribution is 2.31. The predicted molar refractivity (Wildman–Crippen MR) is 94.4 cm³/mol. The average molecular weight is 371 g/mol. The molecule has 2 aromatic rings. The summed E-state index contributed by atoms with van der Waals surface area (Å²) in [6, 6.07) is 6.52. The first-order chi connectivity index (χ1) is 11.3.